The van der Waals surface area contributed by atoms with Gasteiger partial charge in [0.15, 0.2) is 0 Å². The van der Waals surface area contributed by atoms with Gasteiger partial charge in [-0.25, -0.2) is 9.59 Å². The number of aromatic nitrogens is 1. The summed E-state index contributed by atoms with van der Waals surface area (Å²) in [5.74, 6) is 0. The zero-order chi connectivity index (χ0) is 20.6. The minimum Gasteiger partial charge on any atom is -0.465 e. The quantitative estimate of drug-likeness (QED) is 0.832. The summed E-state index contributed by atoms with van der Waals surface area (Å²) in [7, 11) is 2.09. The molecule has 2 heterocycles. The number of anilines is 2. The summed E-state index contributed by atoms with van der Waals surface area (Å²) < 4.78 is 5.42. The molecule has 0 bridgehead atoms. The van der Waals surface area contributed by atoms with Gasteiger partial charge in [-0.05, 0) is 78.4 Å². The lowest BCUT2D eigenvalue weighted by Gasteiger charge is -2.34. The molecule has 0 saturated carbocycles. The molecule has 1 amide bonds. The lowest BCUT2D eigenvalue weighted by atomic mass is 10.0. The maximum absolute atomic E-state index is 12.7. The number of fused-ring (bicyclic) bond motifs is 1. The van der Waals surface area contributed by atoms with E-state index in [-0.39, 0.29) is 12.1 Å². The largest absolute Gasteiger partial charge is 0.465 e. The van der Waals surface area contributed by atoms with Crippen molar-refractivity contribution in [3.05, 3.63) is 28.1 Å². The van der Waals surface area contributed by atoms with Crippen LogP contribution in [-0.2, 0) is 0 Å². The van der Waals surface area contributed by atoms with Crippen LogP contribution < -0.4 is 15.8 Å². The third-order valence-electron chi connectivity index (χ3n) is 5.18. The lowest BCUT2D eigenvalue weighted by Crippen LogP contribution is -2.45. The monoisotopic (exact) mass is 388 g/mol. The number of amides is 1. The number of nitrogens with one attached hydrogen (secondary N) is 1. The highest BCUT2D eigenvalue weighted by atomic mass is 16.4. The first-order valence-corrected chi connectivity index (χ1v) is 9.50. The zero-order valence-corrected chi connectivity index (χ0v) is 17.1. The molecule has 0 atom stereocenters. The second-order valence-electron chi connectivity index (χ2n) is 8.42. The van der Waals surface area contributed by atoms with E-state index >= 15 is 0 Å². The SMILES string of the molecule is Cc1c(N(C(=O)O)C(C)(C)C)ccc2nc(NC3CCN(C)CC3)oc(=O)c12. The Bertz CT molecular complexity index is 940. The van der Waals surface area contributed by atoms with Crippen LogP contribution in [0.15, 0.2) is 21.3 Å². The van der Waals surface area contributed by atoms with E-state index in [1.54, 1.807) is 39.8 Å². The van der Waals surface area contributed by atoms with Crippen molar-refractivity contribution in [3.8, 4) is 0 Å². The van der Waals surface area contributed by atoms with Gasteiger partial charge in [0.05, 0.1) is 16.6 Å². The van der Waals surface area contributed by atoms with E-state index in [2.05, 4.69) is 22.2 Å². The van der Waals surface area contributed by atoms with Crippen LogP contribution in [0.5, 0.6) is 0 Å². The average Bonchev–Trinajstić information content (AvgIpc) is 2.57. The van der Waals surface area contributed by atoms with E-state index in [4.69, 9.17) is 4.42 Å². The number of carbonyl (C=O) groups is 1. The molecule has 0 aliphatic carbocycles. The van der Waals surface area contributed by atoms with Crippen LogP contribution in [0.1, 0.15) is 39.2 Å². The summed E-state index contributed by atoms with van der Waals surface area (Å²) in [5.41, 5.74) is 0.318. The van der Waals surface area contributed by atoms with Crippen molar-refractivity contribution in [2.45, 2.75) is 52.1 Å². The molecule has 1 saturated heterocycles. The van der Waals surface area contributed by atoms with Crippen molar-refractivity contribution in [1.29, 1.82) is 0 Å². The van der Waals surface area contributed by atoms with Gasteiger partial charge in [-0.3, -0.25) is 4.90 Å². The number of benzene rings is 1. The molecular weight excluding hydrogens is 360 g/mol. The Morgan fingerprint density at radius 3 is 2.54 bits per heavy atom. The van der Waals surface area contributed by atoms with Gasteiger partial charge in [0.25, 0.3) is 6.01 Å². The molecule has 1 aliphatic rings. The maximum Gasteiger partial charge on any atom is 0.412 e. The molecule has 0 unspecified atom stereocenters. The van der Waals surface area contributed by atoms with Crippen LogP contribution in [0.25, 0.3) is 10.9 Å². The van der Waals surface area contributed by atoms with Crippen molar-refractivity contribution < 1.29 is 14.3 Å². The predicted octanol–water partition coefficient (Wildman–Crippen LogP) is 3.29. The number of carboxylic acid groups (broad SMARTS) is 1. The van der Waals surface area contributed by atoms with Crippen molar-refractivity contribution >= 4 is 28.7 Å². The van der Waals surface area contributed by atoms with Gasteiger partial charge in [-0.2, -0.15) is 4.98 Å². The Morgan fingerprint density at radius 2 is 1.96 bits per heavy atom. The van der Waals surface area contributed by atoms with Gasteiger partial charge >= 0.3 is 11.7 Å². The molecule has 1 aliphatic heterocycles. The summed E-state index contributed by atoms with van der Waals surface area (Å²) in [4.78, 5) is 32.5. The van der Waals surface area contributed by atoms with Crippen molar-refractivity contribution in [1.82, 2.24) is 9.88 Å². The fourth-order valence-corrected chi connectivity index (χ4v) is 3.69. The predicted molar refractivity (Wildman–Crippen MR) is 109 cm³/mol. The third-order valence-corrected chi connectivity index (χ3v) is 5.18. The lowest BCUT2D eigenvalue weighted by molar-refractivity contribution is 0.195. The molecule has 8 nitrogen and oxygen atoms in total. The molecule has 2 N–H and O–H groups in total. The number of hydrogen-bond acceptors (Lipinski definition) is 6. The van der Waals surface area contributed by atoms with Gasteiger partial charge in [-0.1, -0.05) is 0 Å². The number of piperidine rings is 1. The Hall–Kier alpha value is -2.61. The standard InChI is InChI=1S/C20H28N4O4/c1-12-15(24(19(26)27)20(2,3)4)7-6-14-16(12)17(25)28-18(22-14)21-13-8-10-23(5)11-9-13/h6-7,13H,8-11H2,1-5H3,(H,21,22)(H,26,27). The molecule has 0 radical (unpaired) electrons. The van der Waals surface area contributed by atoms with Crippen LogP contribution in [0.4, 0.5) is 16.5 Å². The molecule has 28 heavy (non-hydrogen) atoms. The molecule has 1 fully saturated rings. The summed E-state index contributed by atoms with van der Waals surface area (Å²) in [6.45, 7) is 9.11. The Kier molecular flexibility index (Phi) is 5.34. The maximum atomic E-state index is 12.7. The second kappa shape index (κ2) is 7.43. The third kappa shape index (κ3) is 3.96. The smallest absolute Gasteiger partial charge is 0.412 e. The van der Waals surface area contributed by atoms with Gasteiger partial charge in [0.2, 0.25) is 0 Å². The molecule has 8 heteroatoms. The Morgan fingerprint density at radius 1 is 1.32 bits per heavy atom. The number of likely N-dealkylation sites (tertiary alicyclic amines) is 1. The fourth-order valence-electron chi connectivity index (χ4n) is 3.69. The van der Waals surface area contributed by atoms with Gasteiger partial charge in [0, 0.05) is 11.6 Å². The number of nitrogens with zero attached hydrogens (tertiary/aromatic N) is 3. The van der Waals surface area contributed by atoms with Crippen LogP contribution in [-0.4, -0.2) is 52.8 Å². The minimum atomic E-state index is -1.08. The molecule has 3 rings (SSSR count). The van der Waals surface area contributed by atoms with Crippen LogP contribution in [0.2, 0.25) is 0 Å². The first-order chi connectivity index (χ1) is 13.1. The Labute approximate surface area is 164 Å². The van der Waals surface area contributed by atoms with Crippen molar-refractivity contribution in [2.75, 3.05) is 30.4 Å². The van der Waals surface area contributed by atoms with E-state index < -0.39 is 17.3 Å². The number of aryl methyl sites for hydroxylation is 1. The molecule has 1 aromatic heterocycles. The van der Waals surface area contributed by atoms with E-state index in [9.17, 15) is 14.7 Å². The highest BCUT2D eigenvalue weighted by Gasteiger charge is 2.30. The fraction of sp³-hybridized carbons (Fsp3) is 0.550. The van der Waals surface area contributed by atoms with E-state index in [1.165, 1.54) is 4.90 Å². The molecular formula is C20H28N4O4. The van der Waals surface area contributed by atoms with E-state index in [0.717, 1.165) is 25.9 Å². The molecule has 0 spiro atoms. The summed E-state index contributed by atoms with van der Waals surface area (Å²) in [6.07, 6.45) is 0.835. The molecule has 152 valence electrons. The topological polar surface area (TPSA) is 98.9 Å². The average molecular weight is 388 g/mol. The minimum absolute atomic E-state index is 0.213. The van der Waals surface area contributed by atoms with Crippen LogP contribution in [0, 0.1) is 6.92 Å². The van der Waals surface area contributed by atoms with Gasteiger partial charge < -0.3 is 19.7 Å². The highest BCUT2D eigenvalue weighted by molar-refractivity contribution is 5.94. The Balaban J connectivity index is 1.99. The van der Waals surface area contributed by atoms with Crippen LogP contribution >= 0.6 is 0 Å². The second-order valence-corrected chi connectivity index (χ2v) is 8.42. The number of rotatable bonds is 3. The normalized spacial score (nSPS) is 16.3. The molecule has 1 aromatic carbocycles. The summed E-state index contributed by atoms with van der Waals surface area (Å²) >= 11 is 0. The van der Waals surface area contributed by atoms with E-state index in [1.807, 2.05) is 0 Å². The van der Waals surface area contributed by atoms with Crippen molar-refractivity contribution in [2.24, 2.45) is 0 Å². The van der Waals surface area contributed by atoms with Crippen LogP contribution in [0.3, 0.4) is 0 Å². The first-order valence-electron chi connectivity index (χ1n) is 9.50. The zero-order valence-electron chi connectivity index (χ0n) is 17.1. The van der Waals surface area contributed by atoms with Gasteiger partial charge in [-0.15, -0.1) is 0 Å². The summed E-state index contributed by atoms with van der Waals surface area (Å²) in [6, 6.07) is 3.80. The molecule has 2 aromatic rings. The first kappa shape index (κ1) is 20.1. The summed E-state index contributed by atoms with van der Waals surface area (Å²) in [5, 5.41) is 13.2. The van der Waals surface area contributed by atoms with E-state index in [0.29, 0.717) is 22.2 Å². The van der Waals surface area contributed by atoms with Crippen molar-refractivity contribution in [3.63, 3.8) is 0 Å². The number of hydrogen-bond donors (Lipinski definition) is 2. The highest BCUT2D eigenvalue weighted by Crippen LogP contribution is 2.31. The van der Waals surface area contributed by atoms with Gasteiger partial charge in [0.1, 0.15) is 0 Å².